The summed E-state index contributed by atoms with van der Waals surface area (Å²) in [6.45, 7) is 6.12. The first kappa shape index (κ1) is 11.2. The summed E-state index contributed by atoms with van der Waals surface area (Å²) < 4.78 is 5.26. The normalized spacial score (nSPS) is 10.4. The van der Waals surface area contributed by atoms with Gasteiger partial charge in [0.05, 0.1) is 12.8 Å². The van der Waals surface area contributed by atoms with Gasteiger partial charge in [0.1, 0.15) is 5.75 Å². The van der Waals surface area contributed by atoms with Gasteiger partial charge in [0.25, 0.3) is 0 Å². The first-order valence-corrected chi connectivity index (χ1v) is 5.03. The molecule has 1 aromatic rings. The molecule has 1 rings (SSSR count). The van der Waals surface area contributed by atoms with Crippen molar-refractivity contribution in [1.82, 2.24) is 0 Å². The summed E-state index contributed by atoms with van der Waals surface area (Å²) in [5.41, 5.74) is 1.97. The fraction of sp³-hybridized carbons (Fsp3) is 0.455. The molecule has 1 aromatic carbocycles. The molecule has 0 atom stereocenters. The van der Waals surface area contributed by atoms with E-state index in [1.807, 2.05) is 19.1 Å². The lowest BCUT2D eigenvalue weighted by molar-refractivity contribution is 0.416. The number of ether oxygens (including phenoxy) is 1. The molecule has 0 aliphatic carbocycles. The minimum absolute atomic E-state index is 0.364. The van der Waals surface area contributed by atoms with Crippen LogP contribution in [0.2, 0.25) is 5.02 Å². The van der Waals surface area contributed by atoms with E-state index in [4.69, 9.17) is 16.3 Å². The summed E-state index contributed by atoms with van der Waals surface area (Å²) >= 11 is 6.03. The van der Waals surface area contributed by atoms with Crippen LogP contribution in [0.15, 0.2) is 12.1 Å². The van der Waals surface area contributed by atoms with E-state index in [1.54, 1.807) is 7.11 Å². The fourth-order valence-corrected chi connectivity index (χ4v) is 1.41. The number of hydrogen-bond donors (Lipinski definition) is 1. The van der Waals surface area contributed by atoms with Crippen molar-refractivity contribution in [3.8, 4) is 5.75 Å². The zero-order chi connectivity index (χ0) is 10.7. The van der Waals surface area contributed by atoms with E-state index in [0.717, 1.165) is 22.0 Å². The first-order valence-electron chi connectivity index (χ1n) is 4.65. The summed E-state index contributed by atoms with van der Waals surface area (Å²) in [6, 6.07) is 4.20. The van der Waals surface area contributed by atoms with E-state index >= 15 is 0 Å². The third-order valence-corrected chi connectivity index (χ3v) is 2.33. The summed E-state index contributed by atoms with van der Waals surface area (Å²) in [4.78, 5) is 0. The van der Waals surface area contributed by atoms with Crippen molar-refractivity contribution < 1.29 is 4.74 Å². The molecule has 0 fully saturated rings. The van der Waals surface area contributed by atoms with Gasteiger partial charge in [-0.05, 0) is 38.5 Å². The molecule has 3 heteroatoms. The Labute approximate surface area is 90.2 Å². The van der Waals surface area contributed by atoms with E-state index in [-0.39, 0.29) is 0 Å². The van der Waals surface area contributed by atoms with Crippen LogP contribution >= 0.6 is 11.6 Å². The third kappa shape index (κ3) is 2.55. The second-order valence-electron chi connectivity index (χ2n) is 3.60. The molecule has 0 saturated carbocycles. The van der Waals surface area contributed by atoms with Crippen molar-refractivity contribution in [2.75, 3.05) is 12.4 Å². The Hall–Kier alpha value is -0.890. The SMILES string of the molecule is COc1cc(C)c(Cl)cc1NC(C)C. The fourth-order valence-electron chi connectivity index (χ4n) is 1.25. The highest BCUT2D eigenvalue weighted by Gasteiger charge is 2.07. The van der Waals surface area contributed by atoms with E-state index in [9.17, 15) is 0 Å². The molecule has 0 bridgehead atoms. The number of aryl methyl sites for hydroxylation is 1. The largest absolute Gasteiger partial charge is 0.495 e. The maximum atomic E-state index is 6.03. The number of anilines is 1. The Morgan fingerprint density at radius 2 is 2.00 bits per heavy atom. The maximum absolute atomic E-state index is 6.03. The van der Waals surface area contributed by atoms with Crippen LogP contribution in [-0.2, 0) is 0 Å². The molecule has 0 heterocycles. The Morgan fingerprint density at radius 1 is 1.36 bits per heavy atom. The van der Waals surface area contributed by atoms with Crippen molar-refractivity contribution in [3.63, 3.8) is 0 Å². The molecule has 0 unspecified atom stereocenters. The van der Waals surface area contributed by atoms with Gasteiger partial charge in [-0.1, -0.05) is 11.6 Å². The van der Waals surface area contributed by atoms with Crippen molar-refractivity contribution in [1.29, 1.82) is 0 Å². The second-order valence-corrected chi connectivity index (χ2v) is 4.01. The topological polar surface area (TPSA) is 21.3 Å². The minimum atomic E-state index is 0.364. The lowest BCUT2D eigenvalue weighted by Gasteiger charge is -2.15. The molecule has 0 amide bonds. The molecule has 0 aliphatic heterocycles. The van der Waals surface area contributed by atoms with E-state index in [1.165, 1.54) is 0 Å². The second kappa shape index (κ2) is 4.56. The molecule has 0 radical (unpaired) electrons. The molecule has 0 aliphatic rings. The van der Waals surface area contributed by atoms with Gasteiger partial charge in [0, 0.05) is 11.1 Å². The lowest BCUT2D eigenvalue weighted by Crippen LogP contribution is -2.10. The first-order chi connectivity index (χ1) is 6.54. The van der Waals surface area contributed by atoms with Crippen LogP contribution in [0.25, 0.3) is 0 Å². The van der Waals surface area contributed by atoms with Crippen molar-refractivity contribution >= 4 is 17.3 Å². The minimum Gasteiger partial charge on any atom is -0.495 e. The molecule has 2 nitrogen and oxygen atoms in total. The van der Waals surface area contributed by atoms with Crippen LogP contribution in [0.3, 0.4) is 0 Å². The lowest BCUT2D eigenvalue weighted by atomic mass is 10.2. The molecule has 0 spiro atoms. The smallest absolute Gasteiger partial charge is 0.142 e. The summed E-state index contributed by atoms with van der Waals surface area (Å²) in [5.74, 6) is 0.834. The van der Waals surface area contributed by atoms with E-state index in [0.29, 0.717) is 6.04 Å². The van der Waals surface area contributed by atoms with Gasteiger partial charge < -0.3 is 10.1 Å². The van der Waals surface area contributed by atoms with Crippen molar-refractivity contribution in [3.05, 3.63) is 22.7 Å². The third-order valence-electron chi connectivity index (χ3n) is 1.92. The maximum Gasteiger partial charge on any atom is 0.142 e. The Bertz CT molecular complexity index is 323. The van der Waals surface area contributed by atoms with Crippen LogP contribution in [-0.4, -0.2) is 13.2 Å². The van der Waals surface area contributed by atoms with Crippen molar-refractivity contribution in [2.45, 2.75) is 26.8 Å². The Morgan fingerprint density at radius 3 is 2.50 bits per heavy atom. The number of halogens is 1. The molecule has 14 heavy (non-hydrogen) atoms. The number of nitrogens with one attached hydrogen (secondary N) is 1. The summed E-state index contributed by atoms with van der Waals surface area (Å²) in [7, 11) is 1.66. The van der Waals surface area contributed by atoms with Gasteiger partial charge in [-0.25, -0.2) is 0 Å². The zero-order valence-electron chi connectivity index (χ0n) is 9.02. The van der Waals surface area contributed by atoms with Crippen LogP contribution in [0.4, 0.5) is 5.69 Å². The highest BCUT2D eigenvalue weighted by atomic mass is 35.5. The van der Waals surface area contributed by atoms with Gasteiger partial charge >= 0.3 is 0 Å². The Balaban J connectivity index is 3.07. The van der Waals surface area contributed by atoms with Gasteiger partial charge in [-0.3, -0.25) is 0 Å². The molecular formula is C11H16ClNO. The van der Waals surface area contributed by atoms with E-state index < -0.39 is 0 Å². The Kier molecular flexibility index (Phi) is 3.64. The van der Waals surface area contributed by atoms with E-state index in [2.05, 4.69) is 19.2 Å². The van der Waals surface area contributed by atoms with Crippen LogP contribution in [0.1, 0.15) is 19.4 Å². The predicted octanol–water partition coefficient (Wildman–Crippen LogP) is 3.48. The van der Waals surface area contributed by atoms with Crippen LogP contribution < -0.4 is 10.1 Å². The van der Waals surface area contributed by atoms with Crippen LogP contribution in [0, 0.1) is 6.92 Å². The molecular weight excluding hydrogens is 198 g/mol. The number of benzene rings is 1. The predicted molar refractivity (Wildman–Crippen MR) is 61.5 cm³/mol. The highest BCUT2D eigenvalue weighted by molar-refractivity contribution is 6.31. The van der Waals surface area contributed by atoms with Gasteiger partial charge in [-0.15, -0.1) is 0 Å². The number of hydrogen-bond acceptors (Lipinski definition) is 2. The van der Waals surface area contributed by atoms with Gasteiger partial charge in [0.15, 0.2) is 0 Å². The van der Waals surface area contributed by atoms with Crippen molar-refractivity contribution in [2.24, 2.45) is 0 Å². The number of methoxy groups -OCH3 is 1. The average molecular weight is 214 g/mol. The molecule has 78 valence electrons. The quantitative estimate of drug-likeness (QED) is 0.830. The molecule has 1 N–H and O–H groups in total. The zero-order valence-corrected chi connectivity index (χ0v) is 9.77. The molecule has 0 saturated heterocycles. The standard InChI is InChI=1S/C11H16ClNO/c1-7(2)13-10-6-9(12)8(3)5-11(10)14-4/h5-7,13H,1-4H3. The monoisotopic (exact) mass is 213 g/mol. The number of rotatable bonds is 3. The van der Waals surface area contributed by atoms with Gasteiger partial charge in [0.2, 0.25) is 0 Å². The summed E-state index contributed by atoms with van der Waals surface area (Å²) in [5, 5.41) is 4.04. The van der Waals surface area contributed by atoms with Crippen LogP contribution in [0.5, 0.6) is 5.75 Å². The van der Waals surface area contributed by atoms with Gasteiger partial charge in [-0.2, -0.15) is 0 Å². The highest BCUT2D eigenvalue weighted by Crippen LogP contribution is 2.31. The average Bonchev–Trinajstić information content (AvgIpc) is 2.10. The molecule has 0 aromatic heterocycles. The summed E-state index contributed by atoms with van der Waals surface area (Å²) in [6.07, 6.45) is 0.